The number of carbonyl (C=O) groups is 1. The van der Waals surface area contributed by atoms with Gasteiger partial charge in [0, 0.05) is 6.04 Å². The average molecular weight is 377 g/mol. The summed E-state index contributed by atoms with van der Waals surface area (Å²) in [7, 11) is 0. The van der Waals surface area contributed by atoms with E-state index in [1.807, 2.05) is 18.2 Å². The van der Waals surface area contributed by atoms with Gasteiger partial charge in [0.25, 0.3) is 0 Å². The number of hydrogen-bond acceptors (Lipinski definition) is 5. The Labute approximate surface area is 155 Å². The van der Waals surface area contributed by atoms with Crippen LogP contribution in [0.5, 0.6) is 5.75 Å². The highest BCUT2D eigenvalue weighted by Crippen LogP contribution is 2.39. The van der Waals surface area contributed by atoms with Gasteiger partial charge in [-0.15, -0.1) is 16.6 Å². The van der Waals surface area contributed by atoms with Gasteiger partial charge < -0.3 is 10.1 Å². The Morgan fingerprint density at radius 3 is 2.96 bits per heavy atom. The van der Waals surface area contributed by atoms with E-state index in [1.54, 1.807) is 6.07 Å². The Morgan fingerprint density at radius 1 is 1.44 bits per heavy atom. The van der Waals surface area contributed by atoms with Crippen LogP contribution in [-0.4, -0.2) is 33.0 Å². The molecule has 0 radical (unpaired) electrons. The summed E-state index contributed by atoms with van der Waals surface area (Å²) >= 11 is 7.45. The number of amides is 1. The van der Waals surface area contributed by atoms with Crippen molar-refractivity contribution in [1.29, 1.82) is 0 Å². The summed E-state index contributed by atoms with van der Waals surface area (Å²) in [6, 6.07) is 7.67. The maximum atomic E-state index is 11.7. The van der Waals surface area contributed by atoms with Gasteiger partial charge in [-0.3, -0.25) is 9.36 Å². The molecule has 0 unspecified atom stereocenters. The topological polar surface area (TPSA) is 69.0 Å². The van der Waals surface area contributed by atoms with Gasteiger partial charge in [0.1, 0.15) is 12.4 Å². The van der Waals surface area contributed by atoms with Crippen LogP contribution in [0.3, 0.4) is 0 Å². The first-order chi connectivity index (χ1) is 12.2. The molecule has 1 amide bonds. The molecule has 0 bridgehead atoms. The SMILES string of the molecule is C#CCNC(=O)CSc1nnc(COc2ccccc2Cl)n1C1CC1. The number of para-hydroxylation sites is 1. The van der Waals surface area contributed by atoms with Crippen molar-refractivity contribution in [3.05, 3.63) is 35.1 Å². The fourth-order valence-corrected chi connectivity index (χ4v) is 3.28. The number of hydrogen-bond donors (Lipinski definition) is 1. The molecular weight excluding hydrogens is 360 g/mol. The van der Waals surface area contributed by atoms with E-state index in [0.29, 0.717) is 16.8 Å². The van der Waals surface area contributed by atoms with Crippen LogP contribution in [0.15, 0.2) is 29.4 Å². The van der Waals surface area contributed by atoms with Crippen LogP contribution < -0.4 is 10.1 Å². The van der Waals surface area contributed by atoms with E-state index < -0.39 is 0 Å². The fraction of sp³-hybridized carbons (Fsp3) is 0.353. The van der Waals surface area contributed by atoms with Gasteiger partial charge in [0.05, 0.1) is 17.3 Å². The van der Waals surface area contributed by atoms with E-state index >= 15 is 0 Å². The Morgan fingerprint density at radius 2 is 2.24 bits per heavy atom. The molecule has 2 aromatic rings. The molecular formula is C17H17ClN4O2S. The molecule has 1 aliphatic rings. The molecule has 0 aliphatic heterocycles. The van der Waals surface area contributed by atoms with Gasteiger partial charge >= 0.3 is 0 Å². The minimum absolute atomic E-state index is 0.123. The summed E-state index contributed by atoms with van der Waals surface area (Å²) in [5.41, 5.74) is 0. The van der Waals surface area contributed by atoms with Crippen LogP contribution in [0.4, 0.5) is 0 Å². The van der Waals surface area contributed by atoms with E-state index in [-0.39, 0.29) is 24.8 Å². The van der Waals surface area contributed by atoms with Gasteiger partial charge in [-0.25, -0.2) is 0 Å². The minimum Gasteiger partial charge on any atom is -0.484 e. The van der Waals surface area contributed by atoms with Crippen LogP contribution >= 0.6 is 23.4 Å². The van der Waals surface area contributed by atoms with E-state index in [1.165, 1.54) is 11.8 Å². The number of aromatic nitrogens is 3. The lowest BCUT2D eigenvalue weighted by Gasteiger charge is -2.10. The number of benzene rings is 1. The maximum absolute atomic E-state index is 11.7. The normalized spacial score (nSPS) is 13.3. The summed E-state index contributed by atoms with van der Waals surface area (Å²) < 4.78 is 7.82. The number of nitrogens with zero attached hydrogens (tertiary/aromatic N) is 3. The van der Waals surface area contributed by atoms with Gasteiger partial charge in [-0.2, -0.15) is 0 Å². The second-order valence-corrected chi connectivity index (χ2v) is 6.84. The van der Waals surface area contributed by atoms with Crippen LogP contribution in [-0.2, 0) is 11.4 Å². The summed E-state index contributed by atoms with van der Waals surface area (Å²) in [4.78, 5) is 11.7. The van der Waals surface area contributed by atoms with Gasteiger partial charge in [0.15, 0.2) is 11.0 Å². The summed E-state index contributed by atoms with van der Waals surface area (Å²) in [6.45, 7) is 0.503. The number of terminal acetylenes is 1. The predicted octanol–water partition coefficient (Wildman–Crippen LogP) is 2.69. The molecule has 1 saturated carbocycles. The van der Waals surface area contributed by atoms with E-state index in [2.05, 4.69) is 26.0 Å². The zero-order chi connectivity index (χ0) is 17.6. The Kier molecular flexibility index (Phi) is 5.84. The van der Waals surface area contributed by atoms with Crippen molar-refractivity contribution in [2.24, 2.45) is 0 Å². The van der Waals surface area contributed by atoms with Crippen molar-refractivity contribution in [2.45, 2.75) is 30.6 Å². The number of carbonyl (C=O) groups excluding carboxylic acids is 1. The zero-order valence-corrected chi connectivity index (χ0v) is 15.0. The lowest BCUT2D eigenvalue weighted by Crippen LogP contribution is -2.25. The van der Waals surface area contributed by atoms with Crippen molar-refractivity contribution < 1.29 is 9.53 Å². The first-order valence-electron chi connectivity index (χ1n) is 7.83. The molecule has 6 nitrogen and oxygen atoms in total. The molecule has 1 N–H and O–H groups in total. The number of halogens is 1. The van der Waals surface area contributed by atoms with Crippen LogP contribution in [0.1, 0.15) is 24.7 Å². The van der Waals surface area contributed by atoms with Crippen molar-refractivity contribution in [1.82, 2.24) is 20.1 Å². The number of ether oxygens (including phenoxy) is 1. The van der Waals surface area contributed by atoms with E-state index in [9.17, 15) is 4.79 Å². The second-order valence-electron chi connectivity index (χ2n) is 5.49. The lowest BCUT2D eigenvalue weighted by molar-refractivity contribution is -0.118. The van der Waals surface area contributed by atoms with Crippen LogP contribution in [0.2, 0.25) is 5.02 Å². The van der Waals surface area contributed by atoms with Crippen molar-refractivity contribution in [2.75, 3.05) is 12.3 Å². The summed E-state index contributed by atoms with van der Waals surface area (Å²) in [5.74, 6) is 3.84. The summed E-state index contributed by atoms with van der Waals surface area (Å²) in [6.07, 6.45) is 7.28. The van der Waals surface area contributed by atoms with Crippen LogP contribution in [0.25, 0.3) is 0 Å². The van der Waals surface area contributed by atoms with Gasteiger partial charge in [-0.05, 0) is 25.0 Å². The third-order valence-electron chi connectivity index (χ3n) is 3.56. The molecule has 0 atom stereocenters. The largest absolute Gasteiger partial charge is 0.484 e. The molecule has 8 heteroatoms. The Bertz CT molecular complexity index is 798. The highest BCUT2D eigenvalue weighted by atomic mass is 35.5. The molecule has 25 heavy (non-hydrogen) atoms. The molecule has 3 rings (SSSR count). The Hall–Kier alpha value is -2.17. The first kappa shape index (κ1) is 17.6. The van der Waals surface area contributed by atoms with Gasteiger partial charge in [-0.1, -0.05) is 41.4 Å². The monoisotopic (exact) mass is 376 g/mol. The fourth-order valence-electron chi connectivity index (χ4n) is 2.24. The smallest absolute Gasteiger partial charge is 0.231 e. The molecule has 0 saturated heterocycles. The zero-order valence-electron chi connectivity index (χ0n) is 13.4. The van der Waals surface area contributed by atoms with Crippen molar-refractivity contribution in [3.8, 4) is 18.1 Å². The van der Waals surface area contributed by atoms with Crippen molar-refractivity contribution in [3.63, 3.8) is 0 Å². The van der Waals surface area contributed by atoms with Crippen molar-refractivity contribution >= 4 is 29.3 Å². The standard InChI is InChI=1S/C17H17ClN4O2S/c1-2-9-19-16(23)11-25-17-21-20-15(22(17)12-7-8-12)10-24-14-6-4-3-5-13(14)18/h1,3-6,12H,7-11H2,(H,19,23). The quantitative estimate of drug-likeness (QED) is 0.566. The molecule has 1 heterocycles. The third-order valence-corrected chi connectivity index (χ3v) is 4.82. The van der Waals surface area contributed by atoms with Crippen LogP contribution in [0, 0.1) is 12.3 Å². The highest BCUT2D eigenvalue weighted by Gasteiger charge is 2.30. The average Bonchev–Trinajstić information content (AvgIpc) is 3.38. The second kappa shape index (κ2) is 8.28. The highest BCUT2D eigenvalue weighted by molar-refractivity contribution is 7.99. The maximum Gasteiger partial charge on any atom is 0.231 e. The summed E-state index contributed by atoms with van der Waals surface area (Å²) in [5, 5.41) is 12.3. The predicted molar refractivity (Wildman–Crippen MR) is 96.6 cm³/mol. The molecule has 130 valence electrons. The number of thioether (sulfide) groups is 1. The minimum atomic E-state index is -0.123. The Balaban J connectivity index is 1.65. The molecule has 1 aliphatic carbocycles. The molecule has 1 fully saturated rings. The molecule has 1 aromatic carbocycles. The number of nitrogens with one attached hydrogen (secondary N) is 1. The molecule has 0 spiro atoms. The van der Waals surface area contributed by atoms with E-state index in [0.717, 1.165) is 23.8 Å². The molecule has 1 aromatic heterocycles. The van der Waals surface area contributed by atoms with Gasteiger partial charge in [0.2, 0.25) is 5.91 Å². The number of rotatable bonds is 8. The van der Waals surface area contributed by atoms with E-state index in [4.69, 9.17) is 22.8 Å². The lowest BCUT2D eigenvalue weighted by atomic mass is 10.3. The first-order valence-corrected chi connectivity index (χ1v) is 9.19. The third kappa shape index (κ3) is 4.68.